The summed E-state index contributed by atoms with van der Waals surface area (Å²) in [5.74, 6) is 1.72. The maximum absolute atomic E-state index is 11.7. The van der Waals surface area contributed by atoms with Crippen LogP contribution in [-0.4, -0.2) is 43.6 Å². The summed E-state index contributed by atoms with van der Waals surface area (Å²) in [5.41, 5.74) is 6.92. The molecule has 2 aromatic carbocycles. The van der Waals surface area contributed by atoms with Gasteiger partial charge in [-0.3, -0.25) is 9.69 Å². The highest BCUT2D eigenvalue weighted by Gasteiger charge is 2.32. The van der Waals surface area contributed by atoms with Crippen LogP contribution in [0.15, 0.2) is 42.0 Å². The van der Waals surface area contributed by atoms with Crippen molar-refractivity contribution in [3.63, 3.8) is 0 Å². The van der Waals surface area contributed by atoms with Crippen molar-refractivity contribution in [2.24, 2.45) is 5.92 Å². The summed E-state index contributed by atoms with van der Waals surface area (Å²) in [6, 6.07) is 14.1. The van der Waals surface area contributed by atoms with Crippen molar-refractivity contribution >= 4 is 11.5 Å². The molecule has 0 radical (unpaired) electrons. The van der Waals surface area contributed by atoms with Crippen LogP contribution in [-0.2, 0) is 17.8 Å². The van der Waals surface area contributed by atoms with Crippen molar-refractivity contribution in [3.8, 4) is 17.6 Å². The van der Waals surface area contributed by atoms with E-state index in [1.165, 1.54) is 22.3 Å². The number of carbonyl (C=O) groups is 1. The van der Waals surface area contributed by atoms with Crippen LogP contribution < -0.4 is 14.8 Å². The van der Waals surface area contributed by atoms with E-state index >= 15 is 0 Å². The van der Waals surface area contributed by atoms with Gasteiger partial charge in [0, 0.05) is 26.7 Å². The monoisotopic (exact) mass is 459 g/mol. The largest absolute Gasteiger partial charge is 0.490 e. The number of amides is 1. The molecule has 178 valence electrons. The molecule has 0 unspecified atom stereocenters. The number of aryl methyl sites for hydroxylation is 1. The number of nitrogens with one attached hydrogen (secondary N) is 1. The normalized spacial score (nSPS) is 16.0. The van der Waals surface area contributed by atoms with Gasteiger partial charge in [-0.25, -0.2) is 0 Å². The van der Waals surface area contributed by atoms with Crippen molar-refractivity contribution in [2.75, 3.05) is 26.7 Å². The molecule has 1 N–H and O–H groups in total. The molecule has 2 aliphatic rings. The van der Waals surface area contributed by atoms with Crippen LogP contribution >= 0.6 is 0 Å². The zero-order chi connectivity index (χ0) is 24.2. The molecular formula is C28H33N3O3. The first-order valence-corrected chi connectivity index (χ1v) is 12.0. The number of allylic oxidation sites excluding steroid dienone is 1. The van der Waals surface area contributed by atoms with E-state index in [9.17, 15) is 10.1 Å². The summed E-state index contributed by atoms with van der Waals surface area (Å²) in [5, 5.41) is 12.1. The molecule has 1 aliphatic heterocycles. The van der Waals surface area contributed by atoms with Gasteiger partial charge < -0.3 is 14.8 Å². The first-order chi connectivity index (χ1) is 16.4. The highest BCUT2D eigenvalue weighted by atomic mass is 16.5. The molecule has 1 heterocycles. The summed E-state index contributed by atoms with van der Waals surface area (Å²) in [4.78, 5) is 14.1. The number of ether oxygens (including phenoxy) is 2. The third-order valence-electron chi connectivity index (χ3n) is 6.63. The van der Waals surface area contributed by atoms with E-state index in [1.807, 2.05) is 32.0 Å². The van der Waals surface area contributed by atoms with Crippen molar-refractivity contribution in [1.82, 2.24) is 10.2 Å². The summed E-state index contributed by atoms with van der Waals surface area (Å²) >= 11 is 0. The Bertz CT molecular complexity index is 1140. The number of likely N-dealkylation sites (tertiary alicyclic amines) is 1. The van der Waals surface area contributed by atoms with Gasteiger partial charge in [0.1, 0.15) is 24.2 Å². The smallest absolute Gasteiger partial charge is 0.225 e. The standard InChI is InChI=1S/C28H33N3O3/c1-18(2)34-27-11-20(5-6-22(27)13-29)17-33-25-9-10-26-19(3)23(8-7-21(26)12-25)14-31-15-24(16-31)28(32)30-4/h5-6,9-12,18,24H,7-8,14-17H2,1-4H3,(H,30,32). The maximum atomic E-state index is 11.7. The molecule has 6 heteroatoms. The fourth-order valence-corrected chi connectivity index (χ4v) is 4.70. The molecule has 4 rings (SSSR count). The first kappa shape index (κ1) is 23.8. The number of nitriles is 1. The summed E-state index contributed by atoms with van der Waals surface area (Å²) < 4.78 is 11.9. The van der Waals surface area contributed by atoms with Gasteiger partial charge in [-0.2, -0.15) is 5.26 Å². The summed E-state index contributed by atoms with van der Waals surface area (Å²) in [6.45, 7) is 9.15. The Hall–Kier alpha value is -3.30. The van der Waals surface area contributed by atoms with E-state index in [1.54, 1.807) is 13.1 Å². The summed E-state index contributed by atoms with van der Waals surface area (Å²) in [6.07, 6.45) is 2.04. The highest BCUT2D eigenvalue weighted by Crippen LogP contribution is 2.35. The van der Waals surface area contributed by atoms with E-state index in [4.69, 9.17) is 9.47 Å². The van der Waals surface area contributed by atoms with E-state index in [-0.39, 0.29) is 17.9 Å². The molecule has 0 spiro atoms. The average Bonchev–Trinajstić information content (AvgIpc) is 2.80. The molecule has 1 saturated heterocycles. The fourth-order valence-electron chi connectivity index (χ4n) is 4.70. The van der Waals surface area contributed by atoms with Crippen LogP contribution in [0.5, 0.6) is 11.5 Å². The van der Waals surface area contributed by atoms with Crippen LogP contribution in [0.4, 0.5) is 0 Å². The number of carbonyl (C=O) groups excluding carboxylic acids is 1. The lowest BCUT2D eigenvalue weighted by atomic mass is 9.85. The van der Waals surface area contributed by atoms with Crippen molar-refractivity contribution in [1.29, 1.82) is 5.26 Å². The predicted molar refractivity (Wildman–Crippen MR) is 133 cm³/mol. The van der Waals surface area contributed by atoms with Gasteiger partial charge in [-0.1, -0.05) is 17.7 Å². The van der Waals surface area contributed by atoms with Crippen LogP contribution in [0, 0.1) is 17.2 Å². The second-order valence-electron chi connectivity index (χ2n) is 9.45. The molecule has 0 atom stereocenters. The minimum atomic E-state index is 0.00320. The van der Waals surface area contributed by atoms with Crippen LogP contribution in [0.1, 0.15) is 49.4 Å². The zero-order valence-corrected chi connectivity index (χ0v) is 20.5. The maximum Gasteiger partial charge on any atom is 0.225 e. The Morgan fingerprint density at radius 2 is 2.00 bits per heavy atom. The van der Waals surface area contributed by atoms with Crippen molar-refractivity contribution in [3.05, 3.63) is 64.2 Å². The minimum absolute atomic E-state index is 0.00320. The zero-order valence-electron chi connectivity index (χ0n) is 20.5. The van der Waals surface area contributed by atoms with E-state index in [0.717, 1.165) is 43.8 Å². The molecule has 0 aromatic heterocycles. The van der Waals surface area contributed by atoms with Crippen molar-refractivity contribution in [2.45, 2.75) is 46.3 Å². The molecular weight excluding hydrogens is 426 g/mol. The Balaban J connectivity index is 1.39. The summed E-state index contributed by atoms with van der Waals surface area (Å²) in [7, 11) is 1.70. The van der Waals surface area contributed by atoms with Gasteiger partial charge in [0.05, 0.1) is 17.6 Å². The van der Waals surface area contributed by atoms with Crippen molar-refractivity contribution < 1.29 is 14.3 Å². The van der Waals surface area contributed by atoms with Gasteiger partial charge in [0.2, 0.25) is 5.91 Å². The number of fused-ring (bicyclic) bond motifs is 1. The molecule has 1 aliphatic carbocycles. The molecule has 1 fully saturated rings. The van der Waals surface area contributed by atoms with Gasteiger partial charge in [0.15, 0.2) is 0 Å². The topological polar surface area (TPSA) is 74.6 Å². The van der Waals surface area contributed by atoms with E-state index < -0.39 is 0 Å². The lowest BCUT2D eigenvalue weighted by molar-refractivity contribution is -0.129. The Morgan fingerprint density at radius 3 is 2.71 bits per heavy atom. The SMILES string of the molecule is CNC(=O)C1CN(CC2=C(C)c3ccc(OCc4ccc(C#N)c(OC(C)C)c4)cc3CC2)C1. The highest BCUT2D eigenvalue weighted by molar-refractivity contribution is 5.79. The van der Waals surface area contributed by atoms with E-state index in [0.29, 0.717) is 17.9 Å². The predicted octanol–water partition coefficient (Wildman–Crippen LogP) is 4.32. The number of hydrogen-bond donors (Lipinski definition) is 1. The minimum Gasteiger partial charge on any atom is -0.490 e. The number of benzene rings is 2. The molecule has 6 nitrogen and oxygen atoms in total. The Kier molecular flexibility index (Phi) is 7.23. The van der Waals surface area contributed by atoms with Gasteiger partial charge in [-0.05, 0) is 80.1 Å². The Labute approximate surface area is 202 Å². The second-order valence-corrected chi connectivity index (χ2v) is 9.45. The molecule has 0 bridgehead atoms. The van der Waals surface area contributed by atoms with Gasteiger partial charge in [0.25, 0.3) is 0 Å². The quantitative estimate of drug-likeness (QED) is 0.636. The lowest BCUT2D eigenvalue weighted by Crippen LogP contribution is -2.53. The lowest BCUT2D eigenvalue weighted by Gasteiger charge is -2.39. The number of rotatable bonds is 8. The van der Waals surface area contributed by atoms with Crippen LogP contribution in [0.2, 0.25) is 0 Å². The Morgan fingerprint density at radius 1 is 1.21 bits per heavy atom. The molecule has 2 aromatic rings. The third kappa shape index (κ3) is 5.26. The third-order valence-corrected chi connectivity index (χ3v) is 6.63. The van der Waals surface area contributed by atoms with E-state index in [2.05, 4.69) is 35.3 Å². The number of nitrogens with zero attached hydrogens (tertiary/aromatic N) is 2. The average molecular weight is 460 g/mol. The van der Waals surface area contributed by atoms with Crippen LogP contribution in [0.25, 0.3) is 5.57 Å². The second kappa shape index (κ2) is 10.3. The molecule has 34 heavy (non-hydrogen) atoms. The first-order valence-electron chi connectivity index (χ1n) is 12.0. The van der Waals surface area contributed by atoms with Gasteiger partial charge >= 0.3 is 0 Å². The molecule has 0 saturated carbocycles. The molecule has 1 amide bonds. The fraction of sp³-hybridized carbons (Fsp3) is 0.429. The van der Waals surface area contributed by atoms with Crippen LogP contribution in [0.3, 0.4) is 0 Å². The number of hydrogen-bond acceptors (Lipinski definition) is 5. The van der Waals surface area contributed by atoms with Gasteiger partial charge in [-0.15, -0.1) is 0 Å².